The second kappa shape index (κ2) is 9.72. The van der Waals surface area contributed by atoms with Gasteiger partial charge in [-0.15, -0.1) is 0 Å². The maximum absolute atomic E-state index is 3.39. The van der Waals surface area contributed by atoms with E-state index in [1.165, 1.54) is 17.5 Å². The Morgan fingerprint density at radius 2 is 1.47 bits per heavy atom. The van der Waals surface area contributed by atoms with E-state index in [4.69, 9.17) is 0 Å². The maximum atomic E-state index is 3.39. The molecule has 1 aromatic carbocycles. The van der Waals surface area contributed by atoms with Gasteiger partial charge in [0.25, 0.3) is 0 Å². The Bertz CT molecular complexity index is 226. The molecule has 0 atom stereocenters. The van der Waals surface area contributed by atoms with Gasteiger partial charge in [0.1, 0.15) is 0 Å². The lowest BCUT2D eigenvalue weighted by Gasteiger charge is -2.03. The number of aryl methyl sites for hydroxylation is 1. The number of hydrogen-bond donors (Lipinski definition) is 1. The van der Waals surface area contributed by atoms with Crippen molar-refractivity contribution < 1.29 is 0 Å². The second-order valence-electron chi connectivity index (χ2n) is 3.35. The van der Waals surface area contributed by atoms with Gasteiger partial charge in [0.2, 0.25) is 0 Å². The fraction of sp³-hybridized carbons (Fsp3) is 0.571. The third kappa shape index (κ3) is 6.29. The van der Waals surface area contributed by atoms with Crippen LogP contribution in [-0.4, -0.2) is 6.54 Å². The summed E-state index contributed by atoms with van der Waals surface area (Å²) in [5, 5.41) is 3.39. The first-order valence-corrected chi connectivity index (χ1v) is 6.15. The lowest BCUT2D eigenvalue weighted by atomic mass is 10.1. The molecule has 0 bridgehead atoms. The highest BCUT2D eigenvalue weighted by Crippen LogP contribution is 2.04. The Morgan fingerprint density at radius 1 is 0.933 bits per heavy atom. The molecular formula is C14H25N. The number of hydrogen-bond acceptors (Lipinski definition) is 1. The summed E-state index contributed by atoms with van der Waals surface area (Å²) in [4.78, 5) is 0. The van der Waals surface area contributed by atoms with Gasteiger partial charge >= 0.3 is 0 Å². The molecule has 15 heavy (non-hydrogen) atoms. The van der Waals surface area contributed by atoms with Crippen LogP contribution in [-0.2, 0) is 13.0 Å². The molecule has 0 spiro atoms. The van der Waals surface area contributed by atoms with E-state index in [0.717, 1.165) is 19.5 Å². The van der Waals surface area contributed by atoms with Crippen LogP contribution in [0, 0.1) is 0 Å². The van der Waals surface area contributed by atoms with E-state index in [9.17, 15) is 0 Å². The summed E-state index contributed by atoms with van der Waals surface area (Å²) < 4.78 is 0. The molecular weight excluding hydrogens is 182 g/mol. The van der Waals surface area contributed by atoms with Gasteiger partial charge in [0.05, 0.1) is 0 Å². The van der Waals surface area contributed by atoms with Crippen LogP contribution in [0.3, 0.4) is 0 Å². The summed E-state index contributed by atoms with van der Waals surface area (Å²) in [6.45, 7) is 10.5. The largest absolute Gasteiger partial charge is 0.313 e. The third-order valence-electron chi connectivity index (χ3n) is 2.19. The summed E-state index contributed by atoms with van der Waals surface area (Å²) in [6, 6.07) is 8.84. The molecule has 0 radical (unpaired) electrons. The van der Waals surface area contributed by atoms with Gasteiger partial charge in [-0.3, -0.25) is 0 Å². The molecule has 0 amide bonds. The van der Waals surface area contributed by atoms with E-state index in [1.807, 2.05) is 13.8 Å². The van der Waals surface area contributed by atoms with Crippen molar-refractivity contribution in [3.8, 4) is 0 Å². The molecule has 0 aliphatic carbocycles. The first-order chi connectivity index (χ1) is 7.36. The first kappa shape index (κ1) is 14.2. The Labute approximate surface area is 94.9 Å². The van der Waals surface area contributed by atoms with E-state index < -0.39 is 0 Å². The van der Waals surface area contributed by atoms with Crippen molar-refractivity contribution in [3.05, 3.63) is 35.4 Å². The van der Waals surface area contributed by atoms with E-state index in [-0.39, 0.29) is 0 Å². The second-order valence-corrected chi connectivity index (χ2v) is 3.35. The average molecular weight is 207 g/mol. The highest BCUT2D eigenvalue weighted by atomic mass is 14.8. The molecule has 1 nitrogen and oxygen atoms in total. The van der Waals surface area contributed by atoms with Crippen LogP contribution in [0.4, 0.5) is 0 Å². The van der Waals surface area contributed by atoms with Gasteiger partial charge < -0.3 is 5.32 Å². The zero-order chi connectivity index (χ0) is 11.5. The van der Waals surface area contributed by atoms with Crippen LogP contribution in [0.1, 0.15) is 45.2 Å². The Balaban J connectivity index is 0.000000921. The number of rotatable bonds is 5. The van der Waals surface area contributed by atoms with E-state index in [2.05, 4.69) is 43.4 Å². The zero-order valence-electron chi connectivity index (χ0n) is 10.6. The molecule has 0 heterocycles. The minimum Gasteiger partial charge on any atom is -0.313 e. The van der Waals surface area contributed by atoms with Crippen LogP contribution < -0.4 is 5.32 Å². The van der Waals surface area contributed by atoms with Gasteiger partial charge in [-0.05, 0) is 30.5 Å². The SMILES string of the molecule is CC.CCCNCc1ccc(CC)cc1. The van der Waals surface area contributed by atoms with Gasteiger partial charge in [-0.25, -0.2) is 0 Å². The molecule has 0 saturated heterocycles. The van der Waals surface area contributed by atoms with Crippen molar-refractivity contribution >= 4 is 0 Å². The predicted octanol–water partition coefficient (Wildman–Crippen LogP) is 3.77. The molecule has 0 aliphatic heterocycles. The lowest BCUT2D eigenvalue weighted by molar-refractivity contribution is 0.675. The van der Waals surface area contributed by atoms with Crippen molar-refractivity contribution in [1.29, 1.82) is 0 Å². The predicted molar refractivity (Wildman–Crippen MR) is 69.2 cm³/mol. The van der Waals surface area contributed by atoms with Crippen molar-refractivity contribution in [2.24, 2.45) is 0 Å². The maximum Gasteiger partial charge on any atom is 0.0205 e. The first-order valence-electron chi connectivity index (χ1n) is 6.15. The summed E-state index contributed by atoms with van der Waals surface area (Å²) in [5.74, 6) is 0. The van der Waals surface area contributed by atoms with Crippen molar-refractivity contribution in [3.63, 3.8) is 0 Å². The Morgan fingerprint density at radius 3 is 1.93 bits per heavy atom. The van der Waals surface area contributed by atoms with Gasteiger partial charge in [-0.1, -0.05) is 52.0 Å². The summed E-state index contributed by atoms with van der Waals surface area (Å²) in [7, 11) is 0. The normalized spacial score (nSPS) is 9.33. The molecule has 1 rings (SSSR count). The molecule has 1 heteroatoms. The van der Waals surface area contributed by atoms with Gasteiger partial charge in [0.15, 0.2) is 0 Å². The lowest BCUT2D eigenvalue weighted by Crippen LogP contribution is -2.13. The Kier molecular flexibility index (Phi) is 9.19. The zero-order valence-corrected chi connectivity index (χ0v) is 10.6. The molecule has 1 aromatic rings. The van der Waals surface area contributed by atoms with E-state index in [1.54, 1.807) is 0 Å². The minimum absolute atomic E-state index is 0.998. The van der Waals surface area contributed by atoms with Crippen LogP contribution >= 0.6 is 0 Å². The van der Waals surface area contributed by atoms with Crippen LogP contribution in [0.15, 0.2) is 24.3 Å². The van der Waals surface area contributed by atoms with Gasteiger partial charge in [-0.2, -0.15) is 0 Å². The minimum atomic E-state index is 0.998. The quantitative estimate of drug-likeness (QED) is 0.725. The highest BCUT2D eigenvalue weighted by Gasteiger charge is 1.92. The van der Waals surface area contributed by atoms with Crippen LogP contribution in [0.25, 0.3) is 0 Å². The molecule has 86 valence electrons. The molecule has 0 aromatic heterocycles. The standard InChI is InChI=1S/C12H19N.C2H6/c1-3-9-13-10-12-7-5-11(4-2)6-8-12;1-2/h5-8,13H,3-4,9-10H2,1-2H3;1-2H3. The van der Waals surface area contributed by atoms with Crippen molar-refractivity contribution in [2.45, 2.75) is 47.1 Å². The number of nitrogens with one attached hydrogen (secondary N) is 1. The molecule has 0 unspecified atom stereocenters. The summed E-state index contributed by atoms with van der Waals surface area (Å²) in [5.41, 5.74) is 2.80. The molecule has 0 aliphatic rings. The summed E-state index contributed by atoms with van der Waals surface area (Å²) >= 11 is 0. The van der Waals surface area contributed by atoms with E-state index >= 15 is 0 Å². The molecule has 0 fully saturated rings. The van der Waals surface area contributed by atoms with Crippen molar-refractivity contribution in [1.82, 2.24) is 5.32 Å². The topological polar surface area (TPSA) is 12.0 Å². The third-order valence-corrected chi connectivity index (χ3v) is 2.19. The van der Waals surface area contributed by atoms with Crippen LogP contribution in [0.5, 0.6) is 0 Å². The van der Waals surface area contributed by atoms with Gasteiger partial charge in [0, 0.05) is 6.54 Å². The summed E-state index contributed by atoms with van der Waals surface area (Å²) in [6.07, 6.45) is 2.33. The average Bonchev–Trinajstić information content (AvgIpc) is 2.33. The fourth-order valence-corrected chi connectivity index (χ4v) is 1.30. The molecule has 0 saturated carbocycles. The number of benzene rings is 1. The highest BCUT2D eigenvalue weighted by molar-refractivity contribution is 5.22. The smallest absolute Gasteiger partial charge is 0.0205 e. The van der Waals surface area contributed by atoms with Crippen LogP contribution in [0.2, 0.25) is 0 Å². The molecule has 1 N–H and O–H groups in total. The van der Waals surface area contributed by atoms with E-state index in [0.29, 0.717) is 0 Å². The van der Waals surface area contributed by atoms with Crippen molar-refractivity contribution in [2.75, 3.05) is 6.54 Å². The fourth-order valence-electron chi connectivity index (χ4n) is 1.30. The Hall–Kier alpha value is -0.820. The monoisotopic (exact) mass is 207 g/mol.